The summed E-state index contributed by atoms with van der Waals surface area (Å²) in [6.45, 7) is 2.13. The number of aliphatic hydroxyl groups is 1. The van der Waals surface area contributed by atoms with Crippen molar-refractivity contribution in [3.63, 3.8) is 0 Å². The number of rotatable bonds is 6. The zero-order valence-corrected chi connectivity index (χ0v) is 12.5. The normalized spacial score (nSPS) is 13.8. The largest absolute Gasteiger partial charge is 0.389 e. The van der Waals surface area contributed by atoms with Gasteiger partial charge in [-0.05, 0) is 30.9 Å². The molecular formula is C12H19NO3S2. The van der Waals surface area contributed by atoms with Crippen LogP contribution in [-0.4, -0.2) is 43.4 Å². The van der Waals surface area contributed by atoms with E-state index in [1.807, 2.05) is 6.26 Å². The van der Waals surface area contributed by atoms with Crippen molar-refractivity contribution in [1.29, 1.82) is 0 Å². The molecule has 0 saturated carbocycles. The molecule has 0 aliphatic carbocycles. The molecule has 0 aliphatic heterocycles. The molecule has 0 fully saturated rings. The number of hydrogen-bond donors (Lipinski definition) is 1. The smallest absolute Gasteiger partial charge is 0.242 e. The van der Waals surface area contributed by atoms with Crippen LogP contribution in [-0.2, 0) is 10.0 Å². The molecule has 1 atom stereocenters. The topological polar surface area (TPSA) is 57.6 Å². The molecule has 0 radical (unpaired) electrons. The Balaban J connectivity index is 2.91. The zero-order chi connectivity index (χ0) is 13.8. The Labute approximate surface area is 113 Å². The van der Waals surface area contributed by atoms with Crippen LogP contribution in [0.25, 0.3) is 0 Å². The fourth-order valence-electron chi connectivity index (χ4n) is 1.44. The third kappa shape index (κ3) is 3.71. The van der Waals surface area contributed by atoms with Gasteiger partial charge < -0.3 is 5.11 Å². The fraction of sp³-hybridized carbons (Fsp3) is 0.500. The van der Waals surface area contributed by atoms with Gasteiger partial charge in [-0.15, -0.1) is 0 Å². The molecule has 0 aliphatic rings. The summed E-state index contributed by atoms with van der Waals surface area (Å²) in [6.07, 6.45) is 1.36. The lowest BCUT2D eigenvalue weighted by molar-refractivity contribution is 0.199. The maximum atomic E-state index is 12.2. The highest BCUT2D eigenvalue weighted by Gasteiger charge is 2.20. The van der Waals surface area contributed by atoms with E-state index in [1.165, 1.54) is 16.4 Å². The van der Waals surface area contributed by atoms with Crippen LogP contribution in [0.2, 0.25) is 0 Å². The first-order chi connectivity index (χ1) is 8.39. The highest BCUT2D eigenvalue weighted by molar-refractivity contribution is 7.98. The number of hydrogen-bond acceptors (Lipinski definition) is 4. The highest BCUT2D eigenvalue weighted by atomic mass is 32.2. The second kappa shape index (κ2) is 6.56. The first-order valence-corrected chi connectivity index (χ1v) is 8.46. The molecule has 6 heteroatoms. The van der Waals surface area contributed by atoms with Crippen molar-refractivity contribution >= 4 is 21.8 Å². The van der Waals surface area contributed by atoms with Crippen LogP contribution in [0.4, 0.5) is 0 Å². The minimum absolute atomic E-state index is 0.260. The average molecular weight is 289 g/mol. The Bertz CT molecular complexity index is 469. The summed E-state index contributed by atoms with van der Waals surface area (Å²) in [6, 6.07) is 6.35. The Hall–Kier alpha value is -0.560. The molecule has 1 N–H and O–H groups in total. The van der Waals surface area contributed by atoms with Crippen molar-refractivity contribution in [1.82, 2.24) is 4.31 Å². The lowest BCUT2D eigenvalue weighted by Crippen LogP contribution is -2.29. The van der Waals surface area contributed by atoms with E-state index in [-0.39, 0.29) is 4.90 Å². The summed E-state index contributed by atoms with van der Waals surface area (Å²) in [4.78, 5) is 0.260. The van der Waals surface area contributed by atoms with Gasteiger partial charge in [0, 0.05) is 19.3 Å². The van der Waals surface area contributed by atoms with Gasteiger partial charge in [0.2, 0.25) is 10.0 Å². The van der Waals surface area contributed by atoms with Gasteiger partial charge in [0.05, 0.1) is 11.0 Å². The lowest BCUT2D eigenvalue weighted by Gasteiger charge is -2.17. The van der Waals surface area contributed by atoms with E-state index in [9.17, 15) is 13.5 Å². The summed E-state index contributed by atoms with van der Waals surface area (Å²) in [5.74, 6) is 0.765. The van der Waals surface area contributed by atoms with Crippen LogP contribution in [0, 0.1) is 0 Å². The van der Waals surface area contributed by atoms with Gasteiger partial charge in [0.15, 0.2) is 0 Å². The van der Waals surface area contributed by atoms with E-state index in [4.69, 9.17) is 0 Å². The molecule has 102 valence electrons. The Morgan fingerprint density at radius 1 is 1.33 bits per heavy atom. The molecular weight excluding hydrogens is 270 g/mol. The molecule has 0 aromatic heterocycles. The molecule has 0 saturated heterocycles. The second-order valence-corrected chi connectivity index (χ2v) is 7.09. The van der Waals surface area contributed by atoms with E-state index >= 15 is 0 Å². The minimum atomic E-state index is -3.42. The average Bonchev–Trinajstić information content (AvgIpc) is 2.35. The highest BCUT2D eigenvalue weighted by Crippen LogP contribution is 2.18. The van der Waals surface area contributed by atoms with Crippen molar-refractivity contribution in [3.8, 4) is 0 Å². The van der Waals surface area contributed by atoms with Gasteiger partial charge in [0.1, 0.15) is 0 Å². The molecule has 18 heavy (non-hydrogen) atoms. The zero-order valence-electron chi connectivity index (χ0n) is 10.8. The Morgan fingerprint density at radius 2 is 1.89 bits per heavy atom. The number of benzene rings is 1. The third-order valence-corrected chi connectivity index (χ3v) is 5.14. The summed E-state index contributed by atoms with van der Waals surface area (Å²) in [5.41, 5.74) is 0.709. The fourth-order valence-corrected chi connectivity index (χ4v) is 3.18. The lowest BCUT2D eigenvalue weighted by atomic mass is 10.1. The van der Waals surface area contributed by atoms with E-state index in [1.54, 1.807) is 37.9 Å². The molecule has 1 rings (SSSR count). The second-order valence-electron chi connectivity index (χ2n) is 4.06. The molecule has 1 aromatic rings. The number of sulfonamides is 1. The maximum absolute atomic E-state index is 12.2. The van der Waals surface area contributed by atoms with Gasteiger partial charge in [-0.25, -0.2) is 12.7 Å². The minimum Gasteiger partial charge on any atom is -0.389 e. The van der Waals surface area contributed by atoms with Crippen molar-refractivity contribution in [2.75, 3.05) is 25.6 Å². The predicted octanol–water partition coefficient (Wildman–Crippen LogP) is 1.72. The van der Waals surface area contributed by atoms with Crippen LogP contribution in [0.3, 0.4) is 0 Å². The van der Waals surface area contributed by atoms with Gasteiger partial charge >= 0.3 is 0 Å². The van der Waals surface area contributed by atoms with E-state index in [2.05, 4.69) is 0 Å². The molecule has 1 aromatic carbocycles. The number of nitrogens with zero attached hydrogens (tertiary/aromatic N) is 1. The van der Waals surface area contributed by atoms with E-state index in [0.29, 0.717) is 12.1 Å². The number of aliphatic hydroxyl groups excluding tert-OH is 1. The Kier molecular flexibility index (Phi) is 5.65. The molecule has 0 heterocycles. The maximum Gasteiger partial charge on any atom is 0.242 e. The summed E-state index contributed by atoms with van der Waals surface area (Å²) < 4.78 is 25.7. The summed E-state index contributed by atoms with van der Waals surface area (Å²) in [7, 11) is -1.84. The van der Waals surface area contributed by atoms with Gasteiger partial charge in [-0.1, -0.05) is 12.1 Å². The van der Waals surface area contributed by atoms with Crippen molar-refractivity contribution < 1.29 is 13.5 Å². The van der Waals surface area contributed by atoms with Crippen LogP contribution >= 0.6 is 11.8 Å². The Morgan fingerprint density at radius 3 is 2.33 bits per heavy atom. The first kappa shape index (κ1) is 15.5. The van der Waals surface area contributed by atoms with Crippen molar-refractivity contribution in [2.24, 2.45) is 0 Å². The third-order valence-electron chi connectivity index (χ3n) is 2.68. The molecule has 4 nitrogen and oxygen atoms in total. The van der Waals surface area contributed by atoms with E-state index in [0.717, 1.165) is 5.75 Å². The summed E-state index contributed by atoms with van der Waals surface area (Å²) in [5, 5.41) is 9.38. The van der Waals surface area contributed by atoms with Crippen LogP contribution in [0.15, 0.2) is 29.2 Å². The summed E-state index contributed by atoms with van der Waals surface area (Å²) >= 11 is 1.61. The quantitative estimate of drug-likeness (QED) is 0.866. The number of thioether (sulfide) groups is 1. The monoisotopic (exact) mass is 289 g/mol. The predicted molar refractivity (Wildman–Crippen MR) is 75.3 cm³/mol. The standard InChI is InChI=1S/C12H19NO3S2/c1-10(14)11-4-6-12(7-5-11)18(15,16)13(2)8-9-17-3/h4-7,10,14H,8-9H2,1-3H3. The van der Waals surface area contributed by atoms with Crippen LogP contribution in [0.5, 0.6) is 0 Å². The van der Waals surface area contributed by atoms with Gasteiger partial charge in [0.25, 0.3) is 0 Å². The SMILES string of the molecule is CSCCN(C)S(=O)(=O)c1ccc(C(C)O)cc1. The molecule has 0 spiro atoms. The van der Waals surface area contributed by atoms with Gasteiger partial charge in [-0.2, -0.15) is 11.8 Å². The molecule has 0 bridgehead atoms. The molecule has 1 unspecified atom stereocenters. The van der Waals surface area contributed by atoms with Crippen molar-refractivity contribution in [3.05, 3.63) is 29.8 Å². The van der Waals surface area contributed by atoms with Gasteiger partial charge in [-0.3, -0.25) is 0 Å². The molecule has 0 amide bonds. The first-order valence-electron chi connectivity index (χ1n) is 5.63. The van der Waals surface area contributed by atoms with Crippen LogP contribution in [0.1, 0.15) is 18.6 Å². The van der Waals surface area contributed by atoms with E-state index < -0.39 is 16.1 Å². The van der Waals surface area contributed by atoms with Crippen molar-refractivity contribution in [2.45, 2.75) is 17.9 Å². The van der Waals surface area contributed by atoms with Crippen LogP contribution < -0.4 is 0 Å².